The zero-order valence-electron chi connectivity index (χ0n) is 13.8. The first-order chi connectivity index (χ1) is 12.8. The number of benzene rings is 1. The normalized spacial score (nSPS) is 10.7. The van der Waals surface area contributed by atoms with Gasteiger partial charge in [-0.2, -0.15) is 9.78 Å². The average Bonchev–Trinajstić information content (AvgIpc) is 3.14. The van der Waals surface area contributed by atoms with Crippen molar-refractivity contribution in [3.63, 3.8) is 0 Å². The maximum Gasteiger partial charge on any atom is 0.337 e. The summed E-state index contributed by atoms with van der Waals surface area (Å²) < 4.78 is 6.36. The molecule has 4 aromatic rings. The molecule has 0 aliphatic rings. The van der Waals surface area contributed by atoms with E-state index in [0.29, 0.717) is 22.8 Å². The van der Waals surface area contributed by atoms with E-state index < -0.39 is 0 Å². The van der Waals surface area contributed by atoms with E-state index in [1.165, 1.54) is 13.4 Å². The summed E-state index contributed by atoms with van der Waals surface area (Å²) >= 11 is 0. The minimum absolute atomic E-state index is 0.377. The minimum Gasteiger partial charge on any atom is -0.465 e. The van der Waals surface area contributed by atoms with Gasteiger partial charge in [0.1, 0.15) is 12.1 Å². The van der Waals surface area contributed by atoms with Crippen LogP contribution in [0.2, 0.25) is 0 Å². The molecule has 1 N–H and O–H groups in total. The van der Waals surface area contributed by atoms with Gasteiger partial charge in [0.2, 0.25) is 0 Å². The van der Waals surface area contributed by atoms with Gasteiger partial charge in [-0.3, -0.25) is 0 Å². The van der Waals surface area contributed by atoms with Crippen molar-refractivity contribution >= 4 is 28.5 Å². The first-order valence-electron chi connectivity index (χ1n) is 7.82. The van der Waals surface area contributed by atoms with E-state index in [2.05, 4.69) is 25.4 Å². The number of hydrogen-bond acceptors (Lipinski definition) is 7. The van der Waals surface area contributed by atoms with Gasteiger partial charge in [-0.1, -0.05) is 6.07 Å². The van der Waals surface area contributed by atoms with Gasteiger partial charge in [0.15, 0.2) is 11.5 Å². The van der Waals surface area contributed by atoms with Crippen LogP contribution in [0.5, 0.6) is 0 Å². The van der Waals surface area contributed by atoms with Gasteiger partial charge in [0.05, 0.1) is 24.3 Å². The molecule has 0 saturated heterocycles. The Kier molecular flexibility index (Phi) is 3.98. The van der Waals surface area contributed by atoms with Gasteiger partial charge < -0.3 is 10.1 Å². The van der Waals surface area contributed by atoms with Crippen LogP contribution in [0.3, 0.4) is 0 Å². The molecule has 0 spiro atoms. The molecule has 128 valence electrons. The number of methoxy groups -OCH3 is 1. The number of pyridine rings is 1. The van der Waals surface area contributed by atoms with E-state index in [-0.39, 0.29) is 5.97 Å². The van der Waals surface area contributed by atoms with Crippen LogP contribution < -0.4 is 5.32 Å². The average molecular weight is 346 g/mol. The highest BCUT2D eigenvalue weighted by Crippen LogP contribution is 2.24. The summed E-state index contributed by atoms with van der Waals surface area (Å²) in [7, 11) is 1.35. The van der Waals surface area contributed by atoms with Crippen molar-refractivity contribution < 1.29 is 9.53 Å². The number of nitrogens with zero attached hydrogens (tertiary/aromatic N) is 5. The molecular formula is C18H14N6O2. The topological polar surface area (TPSA) is 94.8 Å². The maximum absolute atomic E-state index is 11.5. The van der Waals surface area contributed by atoms with Crippen LogP contribution in [0.4, 0.5) is 11.5 Å². The molecule has 3 aromatic heterocycles. The Morgan fingerprint density at radius 3 is 2.65 bits per heavy atom. The van der Waals surface area contributed by atoms with Crippen molar-refractivity contribution in [3.05, 3.63) is 66.7 Å². The van der Waals surface area contributed by atoms with Gasteiger partial charge in [0, 0.05) is 11.9 Å². The van der Waals surface area contributed by atoms with Gasteiger partial charge in [-0.05, 0) is 36.4 Å². The van der Waals surface area contributed by atoms with Crippen LogP contribution in [0.15, 0.2) is 61.2 Å². The number of esters is 1. The quantitative estimate of drug-likeness (QED) is 0.568. The summed E-state index contributed by atoms with van der Waals surface area (Å²) in [5.74, 6) is 0.912. The van der Waals surface area contributed by atoms with Crippen molar-refractivity contribution in [3.8, 4) is 5.82 Å². The highest BCUT2D eigenvalue weighted by molar-refractivity contribution is 5.91. The molecule has 8 nitrogen and oxygen atoms in total. The highest BCUT2D eigenvalue weighted by Gasteiger charge is 2.12. The van der Waals surface area contributed by atoms with Crippen LogP contribution in [-0.2, 0) is 4.74 Å². The van der Waals surface area contributed by atoms with Crippen LogP contribution in [0, 0.1) is 0 Å². The van der Waals surface area contributed by atoms with Gasteiger partial charge in [-0.25, -0.2) is 19.7 Å². The molecule has 0 radical (unpaired) electrons. The minimum atomic E-state index is -0.377. The lowest BCUT2D eigenvalue weighted by Gasteiger charge is -2.07. The fraction of sp³-hybridized carbons (Fsp3) is 0.0556. The lowest BCUT2D eigenvalue weighted by Crippen LogP contribution is -2.02. The second-order valence-electron chi connectivity index (χ2n) is 5.40. The molecule has 0 saturated carbocycles. The Morgan fingerprint density at radius 2 is 1.92 bits per heavy atom. The molecule has 1 aromatic carbocycles. The zero-order chi connectivity index (χ0) is 17.9. The van der Waals surface area contributed by atoms with Gasteiger partial charge in [-0.15, -0.1) is 0 Å². The third-order valence-corrected chi connectivity index (χ3v) is 3.80. The van der Waals surface area contributed by atoms with Crippen LogP contribution in [0.25, 0.3) is 16.9 Å². The molecule has 0 fully saturated rings. The summed E-state index contributed by atoms with van der Waals surface area (Å²) in [5.41, 5.74) is 1.91. The second kappa shape index (κ2) is 6.60. The predicted molar refractivity (Wildman–Crippen MR) is 95.5 cm³/mol. The number of hydrogen-bond donors (Lipinski definition) is 1. The number of nitrogens with one attached hydrogen (secondary N) is 1. The number of carbonyl (C=O) groups is 1. The fourth-order valence-corrected chi connectivity index (χ4v) is 2.53. The number of carbonyl (C=O) groups excluding carboxylic acids is 1. The Balaban J connectivity index is 1.67. The Bertz CT molecular complexity index is 1060. The highest BCUT2D eigenvalue weighted by atomic mass is 16.5. The SMILES string of the molecule is COC(=O)c1ccc(Nc2ncnc3c2cnn3-c2ccccn2)cc1. The fourth-order valence-electron chi connectivity index (χ4n) is 2.53. The molecule has 4 rings (SSSR count). The van der Waals surface area contributed by atoms with Crippen LogP contribution in [-0.4, -0.2) is 37.8 Å². The Hall–Kier alpha value is -3.81. The molecule has 8 heteroatoms. The Labute approximate surface area is 148 Å². The third-order valence-electron chi connectivity index (χ3n) is 3.80. The lowest BCUT2D eigenvalue weighted by atomic mass is 10.2. The van der Waals surface area contributed by atoms with Gasteiger partial charge in [0.25, 0.3) is 0 Å². The largest absolute Gasteiger partial charge is 0.465 e. The number of ether oxygens (including phenoxy) is 1. The van der Waals surface area contributed by atoms with E-state index in [1.807, 2.05) is 18.2 Å². The number of rotatable bonds is 4. The van der Waals surface area contributed by atoms with Crippen molar-refractivity contribution in [2.24, 2.45) is 0 Å². The number of aromatic nitrogens is 5. The first-order valence-corrected chi connectivity index (χ1v) is 7.82. The van der Waals surface area contributed by atoms with E-state index in [0.717, 1.165) is 11.1 Å². The zero-order valence-corrected chi connectivity index (χ0v) is 13.8. The molecule has 0 unspecified atom stereocenters. The lowest BCUT2D eigenvalue weighted by molar-refractivity contribution is 0.0601. The molecule has 0 atom stereocenters. The van der Waals surface area contributed by atoms with E-state index in [1.54, 1.807) is 41.3 Å². The molecule has 0 aliphatic heterocycles. The van der Waals surface area contributed by atoms with Crippen molar-refractivity contribution in [1.82, 2.24) is 24.7 Å². The monoisotopic (exact) mass is 346 g/mol. The second-order valence-corrected chi connectivity index (χ2v) is 5.40. The summed E-state index contributed by atoms with van der Waals surface area (Å²) in [4.78, 5) is 24.4. The first kappa shape index (κ1) is 15.7. The van der Waals surface area contributed by atoms with Gasteiger partial charge >= 0.3 is 5.97 Å². The summed E-state index contributed by atoms with van der Waals surface area (Å²) in [6, 6.07) is 12.5. The van der Waals surface area contributed by atoms with Crippen LogP contribution >= 0.6 is 0 Å². The predicted octanol–water partition coefficient (Wildman–Crippen LogP) is 2.74. The third kappa shape index (κ3) is 2.84. The van der Waals surface area contributed by atoms with Crippen molar-refractivity contribution in [2.75, 3.05) is 12.4 Å². The molecule has 3 heterocycles. The molecule has 0 amide bonds. The van der Waals surface area contributed by atoms with E-state index in [9.17, 15) is 4.79 Å². The van der Waals surface area contributed by atoms with Crippen molar-refractivity contribution in [2.45, 2.75) is 0 Å². The standard InChI is InChI=1S/C18H14N6O2/c1-26-18(25)12-5-7-13(8-6-12)23-16-14-10-22-24(17(14)21-11-20-16)15-4-2-3-9-19-15/h2-11H,1H3,(H,20,21,23). The Morgan fingerprint density at radius 1 is 1.08 bits per heavy atom. The van der Waals surface area contributed by atoms with Crippen molar-refractivity contribution in [1.29, 1.82) is 0 Å². The smallest absolute Gasteiger partial charge is 0.337 e. The van der Waals surface area contributed by atoms with E-state index in [4.69, 9.17) is 4.74 Å². The molecule has 26 heavy (non-hydrogen) atoms. The van der Waals surface area contributed by atoms with E-state index >= 15 is 0 Å². The van der Waals surface area contributed by atoms with Crippen LogP contribution in [0.1, 0.15) is 10.4 Å². The maximum atomic E-state index is 11.5. The summed E-state index contributed by atoms with van der Waals surface area (Å²) in [5, 5.41) is 8.35. The number of fused-ring (bicyclic) bond motifs is 1. The summed E-state index contributed by atoms with van der Waals surface area (Å²) in [6.45, 7) is 0. The summed E-state index contributed by atoms with van der Waals surface area (Å²) in [6.07, 6.45) is 4.86. The molecule has 0 aliphatic carbocycles. The number of anilines is 2. The molecule has 0 bridgehead atoms. The molecular weight excluding hydrogens is 332 g/mol.